The zero-order valence-electron chi connectivity index (χ0n) is 12.9. The maximum atomic E-state index is 11.5. The lowest BCUT2D eigenvalue weighted by atomic mass is 10.2. The minimum absolute atomic E-state index is 0.175. The smallest absolute Gasteiger partial charge is 0.220 e. The fraction of sp³-hybridized carbons (Fsp3) is 0.800. The van der Waals surface area contributed by atoms with Gasteiger partial charge in [0.1, 0.15) is 0 Å². The van der Waals surface area contributed by atoms with E-state index in [0.717, 1.165) is 51.9 Å². The predicted molar refractivity (Wildman–Crippen MR) is 82.3 cm³/mol. The van der Waals surface area contributed by atoms with E-state index in [1.165, 1.54) is 0 Å². The largest absolute Gasteiger partial charge is 0.355 e. The maximum absolute atomic E-state index is 11.5. The molecule has 0 aromatic heterocycles. The molecule has 4 heteroatoms. The first-order valence-corrected chi connectivity index (χ1v) is 7.44. The standard InChI is InChI=1S/C15H31N3O/c1-4-5-6-7-8-9-10-15(19)17-12-11-16-13-14-18(2)3/h5-6,16H,4,7-14H2,1-3H3,(H,17,19)/b6-5+. The molecule has 0 heterocycles. The van der Waals surface area contributed by atoms with Crippen molar-refractivity contribution in [1.82, 2.24) is 15.5 Å². The Morgan fingerprint density at radius 2 is 1.89 bits per heavy atom. The van der Waals surface area contributed by atoms with Crippen molar-refractivity contribution in [2.45, 2.75) is 39.0 Å². The van der Waals surface area contributed by atoms with Gasteiger partial charge in [0.25, 0.3) is 0 Å². The van der Waals surface area contributed by atoms with Crippen LogP contribution in [0.4, 0.5) is 0 Å². The normalized spacial score (nSPS) is 11.4. The molecule has 0 aliphatic rings. The van der Waals surface area contributed by atoms with E-state index in [-0.39, 0.29) is 5.91 Å². The summed E-state index contributed by atoms with van der Waals surface area (Å²) >= 11 is 0. The van der Waals surface area contributed by atoms with Gasteiger partial charge in [-0.25, -0.2) is 0 Å². The summed E-state index contributed by atoms with van der Waals surface area (Å²) in [4.78, 5) is 13.6. The van der Waals surface area contributed by atoms with Crippen molar-refractivity contribution in [3.63, 3.8) is 0 Å². The first-order valence-electron chi connectivity index (χ1n) is 7.44. The van der Waals surface area contributed by atoms with E-state index >= 15 is 0 Å². The van der Waals surface area contributed by atoms with E-state index in [2.05, 4.69) is 48.7 Å². The van der Waals surface area contributed by atoms with Gasteiger partial charge in [-0.3, -0.25) is 4.79 Å². The quantitative estimate of drug-likeness (QED) is 0.419. The highest BCUT2D eigenvalue weighted by Crippen LogP contribution is 2.01. The Hall–Kier alpha value is -0.870. The Bertz CT molecular complexity index is 240. The van der Waals surface area contributed by atoms with E-state index in [9.17, 15) is 4.79 Å². The van der Waals surface area contributed by atoms with Gasteiger partial charge >= 0.3 is 0 Å². The van der Waals surface area contributed by atoms with Crippen molar-refractivity contribution < 1.29 is 4.79 Å². The molecule has 0 aromatic carbocycles. The van der Waals surface area contributed by atoms with Crippen molar-refractivity contribution in [2.75, 3.05) is 40.3 Å². The van der Waals surface area contributed by atoms with Crippen LogP contribution in [0.1, 0.15) is 39.0 Å². The minimum atomic E-state index is 0.175. The summed E-state index contributed by atoms with van der Waals surface area (Å²) in [6.45, 7) is 5.70. The van der Waals surface area contributed by atoms with Crippen LogP contribution in [-0.2, 0) is 4.79 Å². The van der Waals surface area contributed by atoms with Crippen LogP contribution >= 0.6 is 0 Å². The third kappa shape index (κ3) is 15.1. The third-order valence-electron chi connectivity index (χ3n) is 2.79. The average molecular weight is 269 g/mol. The molecule has 0 spiro atoms. The number of unbranched alkanes of at least 4 members (excludes halogenated alkanes) is 2. The zero-order chi connectivity index (χ0) is 14.3. The summed E-state index contributed by atoms with van der Waals surface area (Å²) in [5, 5.41) is 6.24. The van der Waals surface area contributed by atoms with Crippen molar-refractivity contribution >= 4 is 5.91 Å². The van der Waals surface area contributed by atoms with Crippen LogP contribution in [0.5, 0.6) is 0 Å². The van der Waals surface area contributed by atoms with Crippen molar-refractivity contribution in [1.29, 1.82) is 0 Å². The van der Waals surface area contributed by atoms with Crippen LogP contribution in [0.15, 0.2) is 12.2 Å². The number of amides is 1. The van der Waals surface area contributed by atoms with E-state index in [1.54, 1.807) is 0 Å². The van der Waals surface area contributed by atoms with Crippen molar-refractivity contribution in [3.05, 3.63) is 12.2 Å². The molecule has 0 fully saturated rings. The highest BCUT2D eigenvalue weighted by Gasteiger charge is 1.99. The van der Waals surface area contributed by atoms with Gasteiger partial charge in [0.05, 0.1) is 0 Å². The van der Waals surface area contributed by atoms with Crippen LogP contribution in [0.2, 0.25) is 0 Å². The number of hydrogen-bond donors (Lipinski definition) is 2. The molecule has 0 aliphatic heterocycles. The van der Waals surface area contributed by atoms with Gasteiger partial charge in [-0.2, -0.15) is 0 Å². The topological polar surface area (TPSA) is 44.4 Å². The molecule has 4 nitrogen and oxygen atoms in total. The summed E-state index contributed by atoms with van der Waals surface area (Å²) in [7, 11) is 4.11. The lowest BCUT2D eigenvalue weighted by molar-refractivity contribution is -0.121. The molecule has 0 aliphatic carbocycles. The summed E-state index contributed by atoms with van der Waals surface area (Å²) < 4.78 is 0. The van der Waals surface area contributed by atoms with Gasteiger partial charge in [0.15, 0.2) is 0 Å². The number of rotatable bonds is 12. The number of nitrogens with zero attached hydrogens (tertiary/aromatic N) is 1. The molecule has 0 radical (unpaired) electrons. The van der Waals surface area contributed by atoms with E-state index in [1.807, 2.05) is 0 Å². The molecular formula is C15H31N3O. The minimum Gasteiger partial charge on any atom is -0.355 e. The van der Waals surface area contributed by atoms with Crippen LogP contribution in [0, 0.1) is 0 Å². The highest BCUT2D eigenvalue weighted by atomic mass is 16.1. The monoisotopic (exact) mass is 269 g/mol. The van der Waals surface area contributed by atoms with Crippen molar-refractivity contribution in [2.24, 2.45) is 0 Å². The molecule has 1 amide bonds. The molecule has 19 heavy (non-hydrogen) atoms. The average Bonchev–Trinajstić information content (AvgIpc) is 2.37. The number of likely N-dealkylation sites (N-methyl/N-ethyl adjacent to an activating group) is 1. The number of allylic oxidation sites excluding steroid dienone is 2. The van der Waals surface area contributed by atoms with Gasteiger partial charge in [0.2, 0.25) is 5.91 Å². The SMILES string of the molecule is CC/C=C/CCCCC(=O)NCCNCCN(C)C. The Kier molecular flexibility index (Phi) is 12.9. The highest BCUT2D eigenvalue weighted by molar-refractivity contribution is 5.75. The van der Waals surface area contributed by atoms with Crippen LogP contribution in [0.25, 0.3) is 0 Å². The second-order valence-electron chi connectivity index (χ2n) is 5.03. The van der Waals surface area contributed by atoms with Crippen LogP contribution in [-0.4, -0.2) is 51.1 Å². The Morgan fingerprint density at radius 1 is 1.11 bits per heavy atom. The molecule has 2 N–H and O–H groups in total. The molecule has 0 unspecified atom stereocenters. The fourth-order valence-electron chi connectivity index (χ4n) is 1.64. The third-order valence-corrected chi connectivity index (χ3v) is 2.79. The number of nitrogens with one attached hydrogen (secondary N) is 2. The molecule has 0 saturated heterocycles. The maximum Gasteiger partial charge on any atom is 0.220 e. The van der Waals surface area contributed by atoms with Gasteiger partial charge in [-0.1, -0.05) is 19.1 Å². The van der Waals surface area contributed by atoms with Crippen LogP contribution < -0.4 is 10.6 Å². The molecule has 112 valence electrons. The molecule has 0 rings (SSSR count). The lowest BCUT2D eigenvalue weighted by Gasteiger charge is -2.10. The van der Waals surface area contributed by atoms with Gasteiger partial charge in [-0.15, -0.1) is 0 Å². The zero-order valence-corrected chi connectivity index (χ0v) is 12.9. The Labute approximate surface area is 118 Å². The molecule has 0 atom stereocenters. The van der Waals surface area contributed by atoms with E-state index < -0.39 is 0 Å². The van der Waals surface area contributed by atoms with Crippen LogP contribution in [0.3, 0.4) is 0 Å². The van der Waals surface area contributed by atoms with Gasteiger partial charge in [0, 0.05) is 32.6 Å². The predicted octanol–water partition coefficient (Wildman–Crippen LogP) is 1.78. The molecule has 0 aromatic rings. The molecular weight excluding hydrogens is 238 g/mol. The number of hydrogen-bond acceptors (Lipinski definition) is 3. The number of carbonyl (C=O) groups is 1. The summed E-state index contributed by atoms with van der Waals surface area (Å²) in [5.41, 5.74) is 0. The fourth-order valence-corrected chi connectivity index (χ4v) is 1.64. The van der Waals surface area contributed by atoms with Gasteiger partial charge in [-0.05, 0) is 39.8 Å². The Morgan fingerprint density at radius 3 is 2.58 bits per heavy atom. The van der Waals surface area contributed by atoms with Gasteiger partial charge < -0.3 is 15.5 Å². The molecule has 0 bridgehead atoms. The summed E-state index contributed by atoms with van der Waals surface area (Å²) in [6.07, 6.45) is 9.30. The number of carbonyl (C=O) groups excluding carboxylic acids is 1. The van der Waals surface area contributed by atoms with E-state index in [0.29, 0.717) is 6.42 Å². The second kappa shape index (κ2) is 13.6. The van der Waals surface area contributed by atoms with Crippen molar-refractivity contribution in [3.8, 4) is 0 Å². The second-order valence-corrected chi connectivity index (χ2v) is 5.03. The first kappa shape index (κ1) is 18.1. The first-order chi connectivity index (χ1) is 9.16. The van der Waals surface area contributed by atoms with E-state index in [4.69, 9.17) is 0 Å². The molecule has 0 saturated carbocycles. The summed E-state index contributed by atoms with van der Waals surface area (Å²) in [5.74, 6) is 0.175. The lowest BCUT2D eigenvalue weighted by Crippen LogP contribution is -2.34. The summed E-state index contributed by atoms with van der Waals surface area (Å²) in [6, 6.07) is 0. The Balaban J connectivity index is 3.23.